The van der Waals surface area contributed by atoms with Gasteiger partial charge in [-0.25, -0.2) is 0 Å². The van der Waals surface area contributed by atoms with E-state index in [2.05, 4.69) is 0 Å². The standard InChI is InChI=1S/C9H12O4/c1-5-3-2-4-6(8(10)11)7(5)9(12)13/h2-3,5-7H,4H2,1H3,(H,10,11)(H,12,13)/t5-,6-,7-/m1/s1. The summed E-state index contributed by atoms with van der Waals surface area (Å²) in [5.74, 6) is -3.82. The largest absolute Gasteiger partial charge is 0.481 e. The van der Waals surface area contributed by atoms with Crippen LogP contribution in [0.3, 0.4) is 0 Å². The van der Waals surface area contributed by atoms with Crippen molar-refractivity contribution in [1.82, 2.24) is 0 Å². The highest BCUT2D eigenvalue weighted by molar-refractivity contribution is 5.81. The molecule has 72 valence electrons. The summed E-state index contributed by atoms with van der Waals surface area (Å²) in [6.07, 6.45) is 3.82. The van der Waals surface area contributed by atoms with Crippen molar-refractivity contribution in [2.45, 2.75) is 13.3 Å². The highest BCUT2D eigenvalue weighted by Crippen LogP contribution is 2.30. The molecule has 0 amide bonds. The molecule has 0 radical (unpaired) electrons. The minimum absolute atomic E-state index is 0.202. The van der Waals surface area contributed by atoms with Crippen LogP contribution in [0.2, 0.25) is 0 Å². The number of carboxylic acids is 2. The number of carbonyl (C=O) groups is 2. The molecule has 0 saturated heterocycles. The van der Waals surface area contributed by atoms with Crippen LogP contribution in [0, 0.1) is 17.8 Å². The van der Waals surface area contributed by atoms with Gasteiger partial charge in [0.2, 0.25) is 0 Å². The van der Waals surface area contributed by atoms with Crippen LogP contribution < -0.4 is 0 Å². The van der Waals surface area contributed by atoms with Crippen molar-refractivity contribution in [3.8, 4) is 0 Å². The van der Waals surface area contributed by atoms with Gasteiger partial charge in [0.25, 0.3) is 0 Å². The summed E-state index contributed by atoms with van der Waals surface area (Å²) in [5.41, 5.74) is 0. The number of hydrogen-bond donors (Lipinski definition) is 2. The van der Waals surface area contributed by atoms with Gasteiger partial charge in [-0.1, -0.05) is 19.1 Å². The number of allylic oxidation sites excluding steroid dienone is 2. The lowest BCUT2D eigenvalue weighted by Gasteiger charge is -2.26. The predicted molar refractivity (Wildman–Crippen MR) is 45.2 cm³/mol. The molecule has 0 aliphatic heterocycles. The molecule has 0 aromatic carbocycles. The topological polar surface area (TPSA) is 74.6 Å². The summed E-state index contributed by atoms with van der Waals surface area (Å²) in [6, 6.07) is 0. The monoisotopic (exact) mass is 184 g/mol. The minimum atomic E-state index is -1.02. The van der Waals surface area contributed by atoms with E-state index in [1.54, 1.807) is 19.1 Å². The van der Waals surface area contributed by atoms with Crippen LogP contribution >= 0.6 is 0 Å². The number of rotatable bonds is 2. The second kappa shape index (κ2) is 3.60. The summed E-state index contributed by atoms with van der Waals surface area (Å²) in [7, 11) is 0. The smallest absolute Gasteiger partial charge is 0.307 e. The molecule has 0 saturated carbocycles. The minimum Gasteiger partial charge on any atom is -0.481 e. The maximum atomic E-state index is 10.8. The molecular formula is C9H12O4. The third-order valence-electron chi connectivity index (χ3n) is 2.43. The Kier molecular flexibility index (Phi) is 2.70. The first-order chi connectivity index (χ1) is 6.04. The molecule has 2 N–H and O–H groups in total. The summed E-state index contributed by atoms with van der Waals surface area (Å²) >= 11 is 0. The van der Waals surface area contributed by atoms with E-state index in [-0.39, 0.29) is 5.92 Å². The van der Waals surface area contributed by atoms with E-state index in [0.717, 1.165) is 0 Å². The van der Waals surface area contributed by atoms with Crippen LogP contribution in [-0.2, 0) is 9.59 Å². The van der Waals surface area contributed by atoms with Gasteiger partial charge in [0, 0.05) is 0 Å². The van der Waals surface area contributed by atoms with Crippen LogP contribution in [-0.4, -0.2) is 22.2 Å². The van der Waals surface area contributed by atoms with Crippen molar-refractivity contribution in [2.75, 3.05) is 0 Å². The molecule has 1 rings (SSSR count). The van der Waals surface area contributed by atoms with Gasteiger partial charge in [0.15, 0.2) is 0 Å². The van der Waals surface area contributed by atoms with Gasteiger partial charge in [-0.15, -0.1) is 0 Å². The number of carboxylic acid groups (broad SMARTS) is 2. The molecule has 0 aromatic heterocycles. The van der Waals surface area contributed by atoms with Crippen LogP contribution in [0.15, 0.2) is 12.2 Å². The lowest BCUT2D eigenvalue weighted by Crippen LogP contribution is -2.35. The summed E-state index contributed by atoms with van der Waals surface area (Å²) < 4.78 is 0. The Bertz CT molecular complexity index is 256. The molecular weight excluding hydrogens is 172 g/mol. The fraction of sp³-hybridized carbons (Fsp3) is 0.556. The Balaban J connectivity index is 2.89. The second-order valence-electron chi connectivity index (χ2n) is 3.33. The van der Waals surface area contributed by atoms with Gasteiger partial charge in [-0.3, -0.25) is 9.59 Å². The molecule has 0 heterocycles. The van der Waals surface area contributed by atoms with E-state index >= 15 is 0 Å². The molecule has 0 aromatic rings. The Morgan fingerprint density at radius 1 is 1.31 bits per heavy atom. The van der Waals surface area contributed by atoms with Crippen LogP contribution in [0.1, 0.15) is 13.3 Å². The van der Waals surface area contributed by atoms with Crippen molar-refractivity contribution in [2.24, 2.45) is 17.8 Å². The van der Waals surface area contributed by atoms with Crippen molar-refractivity contribution in [3.05, 3.63) is 12.2 Å². The summed E-state index contributed by atoms with van der Waals surface area (Å²) in [4.78, 5) is 21.5. The highest BCUT2D eigenvalue weighted by atomic mass is 16.4. The zero-order valence-corrected chi connectivity index (χ0v) is 7.30. The van der Waals surface area contributed by atoms with Gasteiger partial charge in [-0.2, -0.15) is 0 Å². The first-order valence-electron chi connectivity index (χ1n) is 4.16. The first-order valence-corrected chi connectivity index (χ1v) is 4.16. The summed E-state index contributed by atoms with van der Waals surface area (Å²) in [5, 5.41) is 17.6. The molecule has 3 atom stereocenters. The normalized spacial score (nSPS) is 32.8. The maximum Gasteiger partial charge on any atom is 0.307 e. The van der Waals surface area contributed by atoms with Gasteiger partial charge < -0.3 is 10.2 Å². The third-order valence-corrected chi connectivity index (χ3v) is 2.43. The molecule has 0 unspecified atom stereocenters. The average Bonchev–Trinajstić information content (AvgIpc) is 2.02. The first kappa shape index (κ1) is 9.77. The van der Waals surface area contributed by atoms with Crippen molar-refractivity contribution in [3.63, 3.8) is 0 Å². The van der Waals surface area contributed by atoms with Crippen molar-refractivity contribution in [1.29, 1.82) is 0 Å². The fourth-order valence-electron chi connectivity index (χ4n) is 1.72. The maximum absolute atomic E-state index is 10.8. The zero-order chi connectivity index (χ0) is 10.0. The van der Waals surface area contributed by atoms with Crippen LogP contribution in [0.5, 0.6) is 0 Å². The highest BCUT2D eigenvalue weighted by Gasteiger charge is 2.37. The molecule has 4 heteroatoms. The Morgan fingerprint density at radius 2 is 1.92 bits per heavy atom. The second-order valence-corrected chi connectivity index (χ2v) is 3.33. The average molecular weight is 184 g/mol. The lowest BCUT2D eigenvalue weighted by atomic mass is 9.77. The molecule has 1 aliphatic carbocycles. The molecule has 1 aliphatic rings. The number of aliphatic carboxylic acids is 2. The van der Waals surface area contributed by atoms with Gasteiger partial charge in [0.1, 0.15) is 0 Å². The zero-order valence-electron chi connectivity index (χ0n) is 7.30. The van der Waals surface area contributed by atoms with E-state index in [9.17, 15) is 9.59 Å². The lowest BCUT2D eigenvalue weighted by molar-refractivity contribution is -0.155. The van der Waals surface area contributed by atoms with Crippen molar-refractivity contribution < 1.29 is 19.8 Å². The predicted octanol–water partition coefficient (Wildman–Crippen LogP) is 0.984. The Labute approximate surface area is 75.9 Å². The van der Waals surface area contributed by atoms with Gasteiger partial charge in [0.05, 0.1) is 11.8 Å². The van der Waals surface area contributed by atoms with E-state index in [1.807, 2.05) is 0 Å². The molecule has 0 bridgehead atoms. The third kappa shape index (κ3) is 1.88. The molecule has 0 spiro atoms. The quantitative estimate of drug-likeness (QED) is 0.627. The van der Waals surface area contributed by atoms with E-state index < -0.39 is 23.8 Å². The SMILES string of the molecule is C[C@@H]1C=CC[C@@H](C(=O)O)[C@@H]1C(=O)O. The fourth-order valence-corrected chi connectivity index (χ4v) is 1.72. The summed E-state index contributed by atoms with van der Waals surface area (Å²) in [6.45, 7) is 1.73. The van der Waals surface area contributed by atoms with Crippen LogP contribution in [0.4, 0.5) is 0 Å². The van der Waals surface area contributed by atoms with E-state index in [1.165, 1.54) is 0 Å². The van der Waals surface area contributed by atoms with E-state index in [4.69, 9.17) is 10.2 Å². The van der Waals surface area contributed by atoms with E-state index in [0.29, 0.717) is 6.42 Å². The molecule has 13 heavy (non-hydrogen) atoms. The van der Waals surface area contributed by atoms with Crippen molar-refractivity contribution >= 4 is 11.9 Å². The number of hydrogen-bond acceptors (Lipinski definition) is 2. The molecule has 4 nitrogen and oxygen atoms in total. The molecule has 0 fully saturated rings. The van der Waals surface area contributed by atoms with Gasteiger partial charge in [-0.05, 0) is 12.3 Å². The van der Waals surface area contributed by atoms with Gasteiger partial charge >= 0.3 is 11.9 Å². The van der Waals surface area contributed by atoms with Crippen LogP contribution in [0.25, 0.3) is 0 Å². The Morgan fingerprint density at radius 3 is 2.31 bits per heavy atom. The Hall–Kier alpha value is -1.32.